The van der Waals surface area contributed by atoms with Crippen LogP contribution in [0.4, 0.5) is 5.82 Å². The van der Waals surface area contributed by atoms with Crippen LogP contribution < -0.4 is 5.32 Å². The number of aromatic nitrogens is 1. The number of hydrogen-bond acceptors (Lipinski definition) is 4. The third-order valence-corrected chi connectivity index (χ3v) is 4.65. The molecule has 2 aromatic rings. The number of amides is 1. The van der Waals surface area contributed by atoms with Crippen LogP contribution in [0.1, 0.15) is 27.9 Å². The highest BCUT2D eigenvalue weighted by Gasteiger charge is 2.27. The first-order valence-corrected chi connectivity index (χ1v) is 8.99. The Balaban J connectivity index is 1.63. The lowest BCUT2D eigenvalue weighted by atomic mass is 10.1. The zero-order valence-corrected chi connectivity index (χ0v) is 15.6. The molecule has 0 aliphatic carbocycles. The van der Waals surface area contributed by atoms with E-state index in [-0.39, 0.29) is 11.9 Å². The minimum atomic E-state index is -1.03. The molecule has 1 atom stereocenters. The highest BCUT2D eigenvalue weighted by Crippen LogP contribution is 2.24. The van der Waals surface area contributed by atoms with Crippen LogP contribution in [0.25, 0.3) is 6.08 Å². The summed E-state index contributed by atoms with van der Waals surface area (Å²) in [6.45, 7) is 3.21. The van der Waals surface area contributed by atoms with Crippen molar-refractivity contribution in [2.45, 2.75) is 19.4 Å². The normalized spacial score (nSPS) is 16.7. The molecule has 1 fully saturated rings. The molecule has 1 amide bonds. The number of pyridine rings is 1. The van der Waals surface area contributed by atoms with Gasteiger partial charge in [-0.05, 0) is 43.2 Å². The van der Waals surface area contributed by atoms with E-state index in [0.717, 1.165) is 18.1 Å². The van der Waals surface area contributed by atoms with E-state index < -0.39 is 5.97 Å². The van der Waals surface area contributed by atoms with E-state index in [9.17, 15) is 9.59 Å². The van der Waals surface area contributed by atoms with Gasteiger partial charge in [0.2, 0.25) is 0 Å². The summed E-state index contributed by atoms with van der Waals surface area (Å²) in [5.74, 6) is -0.479. The topological polar surface area (TPSA) is 82.5 Å². The highest BCUT2D eigenvalue weighted by molar-refractivity contribution is 6.33. The molecule has 0 bridgehead atoms. The molecule has 2 heterocycles. The summed E-state index contributed by atoms with van der Waals surface area (Å²) in [5, 5.41) is 12.4. The maximum Gasteiger partial charge on any atom is 0.328 e. The van der Waals surface area contributed by atoms with E-state index in [2.05, 4.69) is 10.3 Å². The highest BCUT2D eigenvalue weighted by atomic mass is 35.5. The average Bonchev–Trinajstić information content (AvgIpc) is 3.10. The molecule has 27 heavy (non-hydrogen) atoms. The number of carboxylic acids is 1. The Labute approximate surface area is 162 Å². The van der Waals surface area contributed by atoms with Crippen LogP contribution in [0.15, 0.2) is 42.6 Å². The van der Waals surface area contributed by atoms with Crippen molar-refractivity contribution in [3.05, 3.63) is 64.3 Å². The quantitative estimate of drug-likeness (QED) is 0.770. The third kappa shape index (κ3) is 4.86. The molecular weight excluding hydrogens is 366 g/mol. The first kappa shape index (κ1) is 18.9. The zero-order chi connectivity index (χ0) is 19.4. The molecular formula is C20H20ClN3O3. The van der Waals surface area contributed by atoms with Gasteiger partial charge in [0.1, 0.15) is 5.82 Å². The molecule has 6 nitrogen and oxygen atoms in total. The van der Waals surface area contributed by atoms with E-state index >= 15 is 0 Å². The van der Waals surface area contributed by atoms with Crippen molar-refractivity contribution in [1.82, 2.24) is 9.88 Å². The second kappa shape index (κ2) is 8.22. The Morgan fingerprint density at radius 1 is 1.37 bits per heavy atom. The number of likely N-dealkylation sites (tertiary alicyclic amines) is 1. The molecule has 1 aliphatic heterocycles. The van der Waals surface area contributed by atoms with E-state index in [0.29, 0.717) is 35.1 Å². The monoisotopic (exact) mass is 385 g/mol. The summed E-state index contributed by atoms with van der Waals surface area (Å²) in [6.07, 6.45) is 4.82. The number of carbonyl (C=O) groups is 2. The van der Waals surface area contributed by atoms with Gasteiger partial charge in [0.15, 0.2) is 0 Å². The minimum Gasteiger partial charge on any atom is -0.478 e. The molecule has 7 heteroatoms. The number of nitrogens with one attached hydrogen (secondary N) is 1. The largest absolute Gasteiger partial charge is 0.478 e. The van der Waals surface area contributed by atoms with Gasteiger partial charge >= 0.3 is 5.97 Å². The van der Waals surface area contributed by atoms with Gasteiger partial charge in [-0.2, -0.15) is 0 Å². The van der Waals surface area contributed by atoms with Crippen molar-refractivity contribution >= 4 is 35.4 Å². The SMILES string of the molecule is Cc1cccc(C(=O)N2CC[C@@H](Nc3ncc(C=CC(=O)O)cc3Cl)C2)c1. The first-order valence-electron chi connectivity index (χ1n) is 8.61. The number of hydrogen-bond donors (Lipinski definition) is 2. The summed E-state index contributed by atoms with van der Waals surface area (Å²) >= 11 is 6.25. The molecule has 1 aliphatic rings. The number of aryl methyl sites for hydroxylation is 1. The maximum absolute atomic E-state index is 12.6. The van der Waals surface area contributed by atoms with Crippen molar-refractivity contribution in [3.8, 4) is 0 Å². The van der Waals surface area contributed by atoms with Crippen molar-refractivity contribution in [2.24, 2.45) is 0 Å². The smallest absolute Gasteiger partial charge is 0.328 e. The lowest BCUT2D eigenvalue weighted by Gasteiger charge is -2.18. The molecule has 1 aromatic carbocycles. The summed E-state index contributed by atoms with van der Waals surface area (Å²) in [6, 6.07) is 9.29. The number of rotatable bonds is 5. The van der Waals surface area contributed by atoms with E-state index in [1.165, 1.54) is 6.08 Å². The van der Waals surface area contributed by atoms with Gasteiger partial charge in [0.05, 0.1) is 5.02 Å². The van der Waals surface area contributed by atoms with Gasteiger partial charge in [-0.25, -0.2) is 9.78 Å². The van der Waals surface area contributed by atoms with Crippen molar-refractivity contribution in [3.63, 3.8) is 0 Å². The van der Waals surface area contributed by atoms with Crippen LogP contribution in [-0.2, 0) is 4.79 Å². The lowest BCUT2D eigenvalue weighted by molar-refractivity contribution is -0.131. The summed E-state index contributed by atoms with van der Waals surface area (Å²) in [5.41, 5.74) is 2.36. The predicted octanol–water partition coefficient (Wildman–Crippen LogP) is 3.47. The third-order valence-electron chi connectivity index (χ3n) is 4.36. The number of halogens is 1. The molecule has 1 aromatic heterocycles. The van der Waals surface area contributed by atoms with Crippen LogP contribution >= 0.6 is 11.6 Å². The molecule has 3 rings (SSSR count). The minimum absolute atomic E-state index is 0.0243. The van der Waals surface area contributed by atoms with Gasteiger partial charge < -0.3 is 15.3 Å². The number of anilines is 1. The van der Waals surface area contributed by atoms with Crippen molar-refractivity contribution in [2.75, 3.05) is 18.4 Å². The number of carbonyl (C=O) groups excluding carboxylic acids is 1. The lowest BCUT2D eigenvalue weighted by Crippen LogP contribution is -2.31. The van der Waals surface area contributed by atoms with Gasteiger partial charge in [0.25, 0.3) is 5.91 Å². The molecule has 0 unspecified atom stereocenters. The maximum atomic E-state index is 12.6. The average molecular weight is 386 g/mol. The van der Waals surface area contributed by atoms with Gasteiger partial charge in [-0.1, -0.05) is 29.3 Å². The first-order chi connectivity index (χ1) is 12.9. The zero-order valence-electron chi connectivity index (χ0n) is 14.9. The van der Waals surface area contributed by atoms with Gasteiger partial charge in [-0.15, -0.1) is 0 Å². The number of nitrogens with zero attached hydrogens (tertiary/aromatic N) is 2. The molecule has 2 N–H and O–H groups in total. The molecule has 0 radical (unpaired) electrons. The Bertz CT molecular complexity index is 898. The second-order valence-corrected chi connectivity index (χ2v) is 6.93. The van der Waals surface area contributed by atoms with Crippen LogP contribution in [0.5, 0.6) is 0 Å². The Hall–Kier alpha value is -2.86. The van der Waals surface area contributed by atoms with Gasteiger partial charge in [0, 0.05) is 37.0 Å². The molecule has 0 saturated carbocycles. The van der Waals surface area contributed by atoms with Crippen molar-refractivity contribution in [1.29, 1.82) is 0 Å². The fourth-order valence-corrected chi connectivity index (χ4v) is 3.26. The predicted molar refractivity (Wildman–Crippen MR) is 105 cm³/mol. The number of benzene rings is 1. The number of aliphatic carboxylic acids is 1. The Kier molecular flexibility index (Phi) is 5.76. The van der Waals surface area contributed by atoms with E-state index in [4.69, 9.17) is 16.7 Å². The van der Waals surface area contributed by atoms with Crippen LogP contribution in [0.2, 0.25) is 5.02 Å². The molecule has 0 spiro atoms. The summed E-state index contributed by atoms with van der Waals surface area (Å²) in [7, 11) is 0. The molecule has 1 saturated heterocycles. The van der Waals surface area contributed by atoms with Crippen LogP contribution in [0.3, 0.4) is 0 Å². The summed E-state index contributed by atoms with van der Waals surface area (Å²) < 4.78 is 0. The number of carboxylic acid groups (broad SMARTS) is 1. The van der Waals surface area contributed by atoms with Crippen LogP contribution in [0, 0.1) is 6.92 Å². The fraction of sp³-hybridized carbons (Fsp3) is 0.250. The Morgan fingerprint density at radius 3 is 2.89 bits per heavy atom. The molecule has 140 valence electrons. The fourth-order valence-electron chi connectivity index (χ4n) is 3.03. The van der Waals surface area contributed by atoms with Gasteiger partial charge in [-0.3, -0.25) is 4.79 Å². The van der Waals surface area contributed by atoms with E-state index in [1.54, 1.807) is 12.3 Å². The van der Waals surface area contributed by atoms with Crippen LogP contribution in [-0.4, -0.2) is 46.0 Å². The van der Waals surface area contributed by atoms with Crippen molar-refractivity contribution < 1.29 is 14.7 Å². The Morgan fingerprint density at radius 2 is 2.19 bits per heavy atom. The summed E-state index contributed by atoms with van der Waals surface area (Å²) in [4.78, 5) is 29.3. The van der Waals surface area contributed by atoms with E-state index in [1.807, 2.05) is 36.1 Å². The second-order valence-electron chi connectivity index (χ2n) is 6.52. The standard InChI is InChI=1S/C20H20ClN3O3/c1-13-3-2-4-15(9-13)20(27)24-8-7-16(12-24)23-19-17(21)10-14(11-22-19)5-6-18(25)26/h2-6,9-11,16H,7-8,12H2,1H3,(H,22,23)(H,25,26)/t16-/m1/s1.